The zero-order valence-electron chi connectivity index (χ0n) is 23.5. The van der Waals surface area contributed by atoms with E-state index < -0.39 is 98.3 Å². The van der Waals surface area contributed by atoms with Gasteiger partial charge in [0.05, 0.1) is 24.8 Å². The van der Waals surface area contributed by atoms with E-state index in [2.05, 4.69) is 0 Å². The first-order valence-corrected chi connectivity index (χ1v) is 13.9. The summed E-state index contributed by atoms with van der Waals surface area (Å²) in [7, 11) is 0. The van der Waals surface area contributed by atoms with Gasteiger partial charge in [0.15, 0.2) is 30.5 Å². The standard InChI is InChI=1S/C26H46N5O10/c1-9-4-10(2)31(11(3)5-9)7-14-20(34)22(36)18(30)25(39-14)38-13-6-12(27)16(28)24(21(13)35)41-26-23(37)17(29)19(33)15(8-32)40-26/h4-5,12-26,32-37H,6-8,27-30H2,1-3H3/q+1. The summed E-state index contributed by atoms with van der Waals surface area (Å²) in [4.78, 5) is 0. The Morgan fingerprint density at radius 1 is 0.756 bits per heavy atom. The van der Waals surface area contributed by atoms with E-state index in [0.29, 0.717) is 0 Å². The van der Waals surface area contributed by atoms with Crippen LogP contribution in [0.25, 0.3) is 0 Å². The van der Waals surface area contributed by atoms with Gasteiger partial charge in [-0.25, -0.2) is 0 Å². The molecule has 2 aliphatic heterocycles. The van der Waals surface area contributed by atoms with Gasteiger partial charge in [0.1, 0.15) is 48.8 Å². The fourth-order valence-electron chi connectivity index (χ4n) is 5.94. The predicted octanol–water partition coefficient (Wildman–Crippen LogP) is -5.37. The molecule has 15 unspecified atom stereocenters. The first-order valence-electron chi connectivity index (χ1n) is 13.9. The highest BCUT2D eigenvalue weighted by molar-refractivity contribution is 5.13. The van der Waals surface area contributed by atoms with Gasteiger partial charge in [0.25, 0.3) is 0 Å². The van der Waals surface area contributed by atoms with E-state index in [0.717, 1.165) is 17.0 Å². The Bertz CT molecular complexity index is 1020. The van der Waals surface area contributed by atoms with Crippen molar-refractivity contribution in [1.82, 2.24) is 0 Å². The van der Waals surface area contributed by atoms with Crippen LogP contribution < -0.4 is 27.5 Å². The summed E-state index contributed by atoms with van der Waals surface area (Å²) >= 11 is 0. The van der Waals surface area contributed by atoms with Crippen LogP contribution in [0.1, 0.15) is 23.4 Å². The quantitative estimate of drug-likeness (QED) is 0.133. The molecule has 4 rings (SSSR count). The molecule has 14 N–H and O–H groups in total. The van der Waals surface area contributed by atoms with Crippen LogP contribution in [0.15, 0.2) is 12.1 Å². The highest BCUT2D eigenvalue weighted by Crippen LogP contribution is 2.31. The van der Waals surface area contributed by atoms with Crippen LogP contribution in [0, 0.1) is 20.8 Å². The van der Waals surface area contributed by atoms with E-state index >= 15 is 0 Å². The number of nitrogens with two attached hydrogens (primary N) is 4. The summed E-state index contributed by atoms with van der Waals surface area (Å²) in [5.74, 6) is 0. The van der Waals surface area contributed by atoms with Crippen LogP contribution >= 0.6 is 0 Å². The number of aromatic nitrogens is 1. The molecule has 0 bridgehead atoms. The first-order chi connectivity index (χ1) is 19.2. The van der Waals surface area contributed by atoms with Crippen molar-refractivity contribution >= 4 is 0 Å². The van der Waals surface area contributed by atoms with E-state index in [1.165, 1.54) is 0 Å². The van der Waals surface area contributed by atoms with Crippen molar-refractivity contribution in [3.63, 3.8) is 0 Å². The molecule has 0 amide bonds. The zero-order chi connectivity index (χ0) is 30.3. The molecule has 234 valence electrons. The van der Waals surface area contributed by atoms with Gasteiger partial charge in [-0.1, -0.05) is 0 Å². The molecule has 15 atom stereocenters. The van der Waals surface area contributed by atoms with Gasteiger partial charge in [-0.2, -0.15) is 4.57 Å². The topological polar surface area (TPSA) is 266 Å². The number of rotatable bonds is 7. The Balaban J connectivity index is 1.49. The Labute approximate surface area is 238 Å². The van der Waals surface area contributed by atoms with Crippen molar-refractivity contribution < 1.29 is 54.2 Å². The molecule has 15 heteroatoms. The summed E-state index contributed by atoms with van der Waals surface area (Å²) < 4.78 is 25.4. The maximum Gasteiger partial charge on any atom is 0.186 e. The van der Waals surface area contributed by atoms with Crippen molar-refractivity contribution in [1.29, 1.82) is 0 Å². The van der Waals surface area contributed by atoms with Crippen molar-refractivity contribution in [3.8, 4) is 0 Å². The molecule has 1 aromatic heterocycles. The average molecular weight is 589 g/mol. The normalized spacial score (nSPS) is 45.5. The van der Waals surface area contributed by atoms with Crippen LogP contribution in [0.5, 0.6) is 0 Å². The van der Waals surface area contributed by atoms with E-state index in [-0.39, 0.29) is 13.0 Å². The van der Waals surface area contributed by atoms with Crippen LogP contribution in [-0.2, 0) is 25.5 Å². The molecule has 0 spiro atoms. The number of pyridine rings is 1. The lowest BCUT2D eigenvalue weighted by Gasteiger charge is -2.48. The SMILES string of the molecule is Cc1cc(C)[n+](CC2OC(OC3CC(N)C(N)C(OC4OC(CO)C(O)C(N)C4O)C3O)C(N)C(O)C2O)c(C)c1. The monoisotopic (exact) mass is 588 g/mol. The third-order valence-electron chi connectivity index (χ3n) is 8.47. The number of aliphatic hydroxyl groups excluding tert-OH is 6. The molecule has 0 radical (unpaired) electrons. The van der Waals surface area contributed by atoms with Gasteiger partial charge >= 0.3 is 0 Å². The number of hydrogen-bond acceptors (Lipinski definition) is 14. The molecule has 3 aliphatic rings. The highest BCUT2D eigenvalue weighted by Gasteiger charge is 2.51. The van der Waals surface area contributed by atoms with Gasteiger partial charge in [-0.05, 0) is 18.9 Å². The molecule has 3 heterocycles. The Morgan fingerprint density at radius 3 is 1.98 bits per heavy atom. The van der Waals surface area contributed by atoms with E-state index in [4.69, 9.17) is 41.9 Å². The summed E-state index contributed by atoms with van der Waals surface area (Å²) in [6.07, 6.45) is -13.8. The molecule has 1 aromatic rings. The minimum atomic E-state index is -1.50. The maximum atomic E-state index is 11.2. The van der Waals surface area contributed by atoms with Gasteiger partial charge in [-0.3, -0.25) is 0 Å². The second kappa shape index (κ2) is 13.1. The van der Waals surface area contributed by atoms with Crippen molar-refractivity contribution in [2.45, 2.75) is 125 Å². The third-order valence-corrected chi connectivity index (χ3v) is 8.47. The Morgan fingerprint density at radius 2 is 1.37 bits per heavy atom. The smallest absolute Gasteiger partial charge is 0.186 e. The fraction of sp³-hybridized carbons (Fsp3) is 0.808. The van der Waals surface area contributed by atoms with Crippen molar-refractivity contribution in [2.24, 2.45) is 22.9 Å². The van der Waals surface area contributed by atoms with E-state index in [9.17, 15) is 30.6 Å². The molecule has 3 fully saturated rings. The second-order valence-corrected chi connectivity index (χ2v) is 11.6. The fourth-order valence-corrected chi connectivity index (χ4v) is 5.94. The first kappa shape index (κ1) is 32.5. The van der Waals surface area contributed by atoms with Crippen LogP contribution in [0.3, 0.4) is 0 Å². The summed E-state index contributed by atoms with van der Waals surface area (Å²) in [6.45, 7) is 5.46. The maximum absolute atomic E-state index is 11.2. The molecule has 15 nitrogen and oxygen atoms in total. The lowest BCUT2D eigenvalue weighted by molar-refractivity contribution is -0.718. The van der Waals surface area contributed by atoms with Gasteiger partial charge < -0.3 is 72.5 Å². The lowest BCUT2D eigenvalue weighted by atomic mass is 9.84. The molecule has 1 aliphatic carbocycles. The predicted molar refractivity (Wildman–Crippen MR) is 142 cm³/mol. The van der Waals surface area contributed by atoms with Gasteiger partial charge in [-0.15, -0.1) is 0 Å². The number of aliphatic hydroxyl groups is 6. The lowest BCUT2D eigenvalue weighted by Crippen LogP contribution is -2.69. The van der Waals surface area contributed by atoms with E-state index in [1.54, 1.807) is 0 Å². The minimum absolute atomic E-state index is 0.0780. The molecular formula is C26H46N5O10+. The molecule has 1 saturated carbocycles. The van der Waals surface area contributed by atoms with Crippen LogP contribution in [-0.4, -0.2) is 129 Å². The van der Waals surface area contributed by atoms with Crippen LogP contribution in [0.4, 0.5) is 0 Å². The summed E-state index contributed by atoms with van der Waals surface area (Å²) in [5, 5.41) is 62.9. The van der Waals surface area contributed by atoms with E-state index in [1.807, 2.05) is 37.5 Å². The summed E-state index contributed by atoms with van der Waals surface area (Å²) in [5.41, 5.74) is 27.5. The molecule has 41 heavy (non-hydrogen) atoms. The second-order valence-electron chi connectivity index (χ2n) is 11.6. The molecule has 0 aromatic carbocycles. The Hall–Kier alpha value is -1.41. The van der Waals surface area contributed by atoms with Gasteiger partial charge in [0, 0.05) is 38.1 Å². The number of hydrogen-bond donors (Lipinski definition) is 10. The average Bonchev–Trinajstić information content (AvgIpc) is 2.92. The van der Waals surface area contributed by atoms with Gasteiger partial charge in [0.2, 0.25) is 0 Å². The Kier molecular flexibility index (Phi) is 10.4. The molecule has 2 saturated heterocycles. The third kappa shape index (κ3) is 6.58. The largest absolute Gasteiger partial charge is 0.394 e. The van der Waals surface area contributed by atoms with Crippen LogP contribution in [0.2, 0.25) is 0 Å². The zero-order valence-corrected chi connectivity index (χ0v) is 23.5. The number of ether oxygens (including phenoxy) is 4. The number of nitrogens with zero attached hydrogens (tertiary/aromatic N) is 1. The minimum Gasteiger partial charge on any atom is -0.394 e. The van der Waals surface area contributed by atoms with Crippen molar-refractivity contribution in [3.05, 3.63) is 29.1 Å². The van der Waals surface area contributed by atoms with Crippen molar-refractivity contribution in [2.75, 3.05) is 6.61 Å². The highest BCUT2D eigenvalue weighted by atomic mass is 16.7. The summed E-state index contributed by atoms with van der Waals surface area (Å²) in [6, 6.07) is -0.0166. The number of aryl methyl sites for hydroxylation is 3. The molecular weight excluding hydrogens is 542 g/mol.